The lowest BCUT2D eigenvalue weighted by Crippen LogP contribution is -2.59. The van der Waals surface area contributed by atoms with Gasteiger partial charge in [0.1, 0.15) is 11.8 Å². The molecule has 214 valence electrons. The van der Waals surface area contributed by atoms with Crippen molar-refractivity contribution in [2.75, 3.05) is 33.4 Å². The van der Waals surface area contributed by atoms with Crippen molar-refractivity contribution in [3.8, 4) is 0 Å². The number of nitrogens with zero attached hydrogens (tertiary/aromatic N) is 3. The summed E-state index contributed by atoms with van der Waals surface area (Å²) in [6.07, 6.45) is 8.28. The highest BCUT2D eigenvalue weighted by Crippen LogP contribution is 2.36. The van der Waals surface area contributed by atoms with Crippen LogP contribution in [0.3, 0.4) is 0 Å². The molecule has 0 bridgehead atoms. The van der Waals surface area contributed by atoms with Gasteiger partial charge in [0, 0.05) is 64.6 Å². The Labute approximate surface area is 235 Å². The largest absolute Gasteiger partial charge is 0.381 e. The first-order chi connectivity index (χ1) is 19.3. The first-order valence-corrected chi connectivity index (χ1v) is 14.4. The number of rotatable bonds is 3. The summed E-state index contributed by atoms with van der Waals surface area (Å²) in [6, 6.07) is 8.89. The molecule has 4 aliphatic rings. The Morgan fingerprint density at radius 3 is 2.60 bits per heavy atom. The monoisotopic (exact) mass is 549 g/mol. The van der Waals surface area contributed by atoms with Gasteiger partial charge in [0.2, 0.25) is 17.7 Å². The first kappa shape index (κ1) is 28.0. The highest BCUT2D eigenvalue weighted by molar-refractivity contribution is 6.39. The fourth-order valence-electron chi connectivity index (χ4n) is 6.17. The zero-order valence-electron chi connectivity index (χ0n) is 23.1. The molecule has 4 amide bonds. The number of likely N-dealkylation sites (tertiary alicyclic amines) is 1. The Bertz CT molecular complexity index is 1180. The fraction of sp³-hybridized carbons (Fsp3) is 0.567. The Morgan fingerprint density at radius 2 is 1.85 bits per heavy atom. The van der Waals surface area contributed by atoms with Crippen LogP contribution >= 0.6 is 0 Å². The molecule has 2 fully saturated rings. The van der Waals surface area contributed by atoms with Crippen LogP contribution in [0.1, 0.15) is 50.5 Å². The molecule has 5 rings (SSSR count). The van der Waals surface area contributed by atoms with E-state index in [1.165, 1.54) is 5.01 Å². The predicted molar refractivity (Wildman–Crippen MR) is 149 cm³/mol. The molecule has 4 heterocycles. The molecule has 2 saturated heterocycles. The van der Waals surface area contributed by atoms with Gasteiger partial charge in [-0.2, -0.15) is 5.10 Å². The van der Waals surface area contributed by atoms with Crippen LogP contribution in [0.2, 0.25) is 0 Å². The minimum absolute atomic E-state index is 0.0135. The van der Waals surface area contributed by atoms with Crippen LogP contribution < -0.4 is 10.6 Å². The van der Waals surface area contributed by atoms with Crippen molar-refractivity contribution < 1.29 is 23.9 Å². The number of allylic oxidation sites excluding steroid dienone is 2. The number of fused-ring (bicyclic) bond motifs is 1. The van der Waals surface area contributed by atoms with E-state index >= 15 is 0 Å². The van der Waals surface area contributed by atoms with Crippen molar-refractivity contribution in [1.82, 2.24) is 20.5 Å². The number of nitrogens with one attached hydrogen (secondary N) is 2. The molecule has 4 aliphatic heterocycles. The average molecular weight is 550 g/mol. The second-order valence-electron chi connectivity index (χ2n) is 11.4. The molecule has 0 aromatic heterocycles. The van der Waals surface area contributed by atoms with Crippen molar-refractivity contribution in [2.24, 2.45) is 16.4 Å². The van der Waals surface area contributed by atoms with Gasteiger partial charge in [-0.15, -0.1) is 0 Å². The first-order valence-electron chi connectivity index (χ1n) is 14.4. The third-order valence-electron chi connectivity index (χ3n) is 8.75. The number of hydrogen-bond acceptors (Lipinski definition) is 6. The average Bonchev–Trinajstić information content (AvgIpc) is 2.97. The molecule has 0 unspecified atom stereocenters. The smallest absolute Gasteiger partial charge is 0.270 e. The van der Waals surface area contributed by atoms with Crippen LogP contribution in [0.25, 0.3) is 0 Å². The van der Waals surface area contributed by atoms with E-state index in [0.29, 0.717) is 77.0 Å². The van der Waals surface area contributed by atoms with Crippen LogP contribution in [0.15, 0.2) is 47.6 Å². The molecule has 0 saturated carbocycles. The summed E-state index contributed by atoms with van der Waals surface area (Å²) in [6.45, 7) is 2.01. The zero-order chi connectivity index (χ0) is 28.1. The van der Waals surface area contributed by atoms with Gasteiger partial charge in [-0.3, -0.25) is 19.2 Å². The second kappa shape index (κ2) is 12.3. The van der Waals surface area contributed by atoms with E-state index in [4.69, 9.17) is 4.74 Å². The zero-order valence-corrected chi connectivity index (χ0v) is 23.1. The minimum Gasteiger partial charge on any atom is -0.381 e. The number of carbonyl (C=O) groups is 4. The van der Waals surface area contributed by atoms with Gasteiger partial charge < -0.3 is 20.3 Å². The number of amides is 4. The lowest BCUT2D eigenvalue weighted by Gasteiger charge is -2.40. The number of ether oxygens (including phenoxy) is 1. The molecular weight excluding hydrogens is 510 g/mol. The fourth-order valence-corrected chi connectivity index (χ4v) is 6.17. The number of hydrazone groups is 1. The lowest BCUT2D eigenvalue weighted by molar-refractivity contribution is -0.140. The van der Waals surface area contributed by atoms with Crippen molar-refractivity contribution >= 4 is 29.3 Å². The standard InChI is InChI=1S/C30H39N5O5/c1-34-26(36)11-10-24(33-34)28(38)35-16-12-23-22(20-35)9-5-6-13-30(14-17-40-18-15-30)29(39)32-25(27(37)31-23)19-21-7-3-2-4-8-21/h2-8,22-23,25H,9-20H2,1H3,(H,31,37)(H,32,39)/b6-5+/t22-,23+,25-/m0/s1. The topological polar surface area (TPSA) is 120 Å². The maximum absolute atomic E-state index is 13.7. The van der Waals surface area contributed by atoms with E-state index in [1.807, 2.05) is 30.3 Å². The van der Waals surface area contributed by atoms with Crippen LogP contribution in [0.5, 0.6) is 0 Å². The quantitative estimate of drug-likeness (QED) is 0.557. The maximum Gasteiger partial charge on any atom is 0.270 e. The number of carbonyl (C=O) groups excluding carboxylic acids is 4. The third-order valence-corrected chi connectivity index (χ3v) is 8.75. The normalized spacial score (nSPS) is 28.4. The summed E-state index contributed by atoms with van der Waals surface area (Å²) in [5.74, 6) is -0.516. The van der Waals surface area contributed by atoms with Gasteiger partial charge in [0.15, 0.2) is 0 Å². The molecule has 1 aromatic carbocycles. The highest BCUT2D eigenvalue weighted by Gasteiger charge is 2.42. The molecular formula is C30H39N5O5. The van der Waals surface area contributed by atoms with E-state index in [9.17, 15) is 19.2 Å². The second-order valence-corrected chi connectivity index (χ2v) is 11.4. The summed E-state index contributed by atoms with van der Waals surface area (Å²) in [4.78, 5) is 54.4. The summed E-state index contributed by atoms with van der Waals surface area (Å²) in [5, 5.41) is 11.8. The van der Waals surface area contributed by atoms with Crippen LogP contribution in [-0.4, -0.2) is 84.7 Å². The molecule has 0 aliphatic carbocycles. The summed E-state index contributed by atoms with van der Waals surface area (Å²) in [7, 11) is 1.57. The van der Waals surface area contributed by atoms with E-state index in [1.54, 1.807) is 11.9 Å². The van der Waals surface area contributed by atoms with Crippen LogP contribution in [-0.2, 0) is 30.3 Å². The number of piperidine rings is 1. The number of benzene rings is 1. The molecule has 1 spiro atoms. The third kappa shape index (κ3) is 6.27. The maximum atomic E-state index is 13.7. The minimum atomic E-state index is -0.706. The van der Waals surface area contributed by atoms with Crippen LogP contribution in [0, 0.1) is 11.3 Å². The Balaban J connectivity index is 1.37. The molecule has 0 radical (unpaired) electrons. The predicted octanol–water partition coefficient (Wildman–Crippen LogP) is 1.80. The van der Waals surface area contributed by atoms with Crippen molar-refractivity contribution in [1.29, 1.82) is 0 Å². The van der Waals surface area contributed by atoms with E-state index in [-0.39, 0.29) is 42.0 Å². The Kier molecular flexibility index (Phi) is 8.63. The van der Waals surface area contributed by atoms with Gasteiger partial charge in [0.25, 0.3) is 5.91 Å². The van der Waals surface area contributed by atoms with Gasteiger partial charge in [-0.1, -0.05) is 42.5 Å². The van der Waals surface area contributed by atoms with Gasteiger partial charge in [0.05, 0.1) is 5.41 Å². The van der Waals surface area contributed by atoms with Crippen molar-refractivity contribution in [3.05, 3.63) is 48.0 Å². The molecule has 10 heteroatoms. The van der Waals surface area contributed by atoms with Crippen LogP contribution in [0.4, 0.5) is 0 Å². The molecule has 1 aromatic rings. The number of hydrogen-bond donors (Lipinski definition) is 2. The SMILES string of the molecule is CN1N=C(C(=O)N2CC[C@H]3NC(=O)[C@H](Cc4ccccc4)NC(=O)C4(C/C=C/C[C@H]3C2)CCOCC4)CCC1=O. The highest BCUT2D eigenvalue weighted by atomic mass is 16.5. The van der Waals surface area contributed by atoms with E-state index in [0.717, 1.165) is 5.56 Å². The molecule has 40 heavy (non-hydrogen) atoms. The van der Waals surface area contributed by atoms with E-state index in [2.05, 4.69) is 27.9 Å². The van der Waals surface area contributed by atoms with Gasteiger partial charge >= 0.3 is 0 Å². The van der Waals surface area contributed by atoms with Crippen molar-refractivity contribution in [2.45, 2.75) is 63.5 Å². The molecule has 10 nitrogen and oxygen atoms in total. The molecule has 2 N–H and O–H groups in total. The molecule has 3 atom stereocenters. The Morgan fingerprint density at radius 1 is 1.07 bits per heavy atom. The summed E-state index contributed by atoms with van der Waals surface area (Å²) < 4.78 is 5.58. The summed E-state index contributed by atoms with van der Waals surface area (Å²) >= 11 is 0. The summed E-state index contributed by atoms with van der Waals surface area (Å²) in [5.41, 5.74) is 0.768. The van der Waals surface area contributed by atoms with Gasteiger partial charge in [-0.05, 0) is 37.7 Å². The Hall–Kier alpha value is -3.53. The van der Waals surface area contributed by atoms with E-state index < -0.39 is 11.5 Å². The van der Waals surface area contributed by atoms with Gasteiger partial charge in [-0.25, -0.2) is 5.01 Å². The van der Waals surface area contributed by atoms with Crippen molar-refractivity contribution in [3.63, 3.8) is 0 Å². The lowest BCUT2D eigenvalue weighted by atomic mass is 9.75.